The zero-order chi connectivity index (χ0) is 14.0. The van der Waals surface area contributed by atoms with Crippen LogP contribution in [0.1, 0.15) is 15.4 Å². The van der Waals surface area contributed by atoms with Gasteiger partial charge in [-0.15, -0.1) is 11.3 Å². The summed E-state index contributed by atoms with van der Waals surface area (Å²) in [5, 5.41) is 0.621. The maximum absolute atomic E-state index is 13.3. The van der Waals surface area contributed by atoms with E-state index in [2.05, 4.69) is 9.72 Å². The molecular formula is C13H12FNO3S. The number of hydrogen-bond acceptors (Lipinski definition) is 5. The second-order valence-electron chi connectivity index (χ2n) is 3.77. The molecule has 0 unspecified atom stereocenters. The van der Waals surface area contributed by atoms with Crippen LogP contribution in [0.15, 0.2) is 18.2 Å². The zero-order valence-corrected chi connectivity index (χ0v) is 11.5. The number of hydrogen-bond donors (Lipinski definition) is 0. The van der Waals surface area contributed by atoms with Crippen molar-refractivity contribution in [1.29, 1.82) is 0 Å². The average molecular weight is 281 g/mol. The SMILES string of the molecule is COC(=O)c1sc(-c2ccc(F)c(OC)c2)nc1C. The third-order valence-electron chi connectivity index (χ3n) is 2.57. The first kappa shape index (κ1) is 13.5. The minimum Gasteiger partial charge on any atom is -0.494 e. The van der Waals surface area contributed by atoms with E-state index in [1.807, 2.05) is 0 Å². The molecule has 2 rings (SSSR count). The first-order valence-corrected chi connectivity index (χ1v) is 6.28. The summed E-state index contributed by atoms with van der Waals surface area (Å²) in [6.07, 6.45) is 0. The molecule has 0 spiro atoms. The van der Waals surface area contributed by atoms with Crippen LogP contribution < -0.4 is 4.74 Å². The first-order valence-electron chi connectivity index (χ1n) is 5.46. The molecule has 0 amide bonds. The van der Waals surface area contributed by atoms with Crippen molar-refractivity contribution in [3.63, 3.8) is 0 Å². The van der Waals surface area contributed by atoms with Crippen LogP contribution in [0.5, 0.6) is 5.75 Å². The second kappa shape index (κ2) is 5.36. The van der Waals surface area contributed by atoms with Gasteiger partial charge in [0.15, 0.2) is 11.6 Å². The fourth-order valence-corrected chi connectivity index (χ4v) is 2.58. The minimum atomic E-state index is -0.437. The number of thiazole rings is 1. The third kappa shape index (κ3) is 2.58. The molecule has 0 saturated heterocycles. The molecular weight excluding hydrogens is 269 g/mol. The van der Waals surface area contributed by atoms with Gasteiger partial charge < -0.3 is 9.47 Å². The maximum atomic E-state index is 13.3. The second-order valence-corrected chi connectivity index (χ2v) is 4.77. The third-order valence-corrected chi connectivity index (χ3v) is 3.75. The Hall–Kier alpha value is -1.95. The van der Waals surface area contributed by atoms with Gasteiger partial charge in [-0.2, -0.15) is 0 Å². The van der Waals surface area contributed by atoms with Crippen LogP contribution in [0.25, 0.3) is 10.6 Å². The Bertz CT molecular complexity index is 624. The summed E-state index contributed by atoms with van der Waals surface area (Å²) < 4.78 is 22.9. The van der Waals surface area contributed by atoms with E-state index in [9.17, 15) is 9.18 Å². The van der Waals surface area contributed by atoms with E-state index in [4.69, 9.17) is 4.74 Å². The molecule has 1 aromatic carbocycles. The molecule has 100 valence electrons. The number of carbonyl (C=O) groups excluding carboxylic acids is 1. The molecule has 0 aliphatic rings. The lowest BCUT2D eigenvalue weighted by Crippen LogP contribution is -1.99. The van der Waals surface area contributed by atoms with Crippen LogP contribution in [0.2, 0.25) is 0 Å². The molecule has 0 aliphatic heterocycles. The van der Waals surface area contributed by atoms with Crippen LogP contribution in [0.4, 0.5) is 4.39 Å². The van der Waals surface area contributed by atoms with Crippen molar-refractivity contribution in [2.45, 2.75) is 6.92 Å². The van der Waals surface area contributed by atoms with Gasteiger partial charge in [0.25, 0.3) is 0 Å². The van der Waals surface area contributed by atoms with Gasteiger partial charge in [-0.1, -0.05) is 0 Å². The summed E-state index contributed by atoms with van der Waals surface area (Å²) in [5.41, 5.74) is 1.29. The molecule has 4 nitrogen and oxygen atoms in total. The number of nitrogens with zero attached hydrogens (tertiary/aromatic N) is 1. The molecule has 6 heteroatoms. The molecule has 0 bridgehead atoms. The summed E-state index contributed by atoms with van der Waals surface area (Å²) in [5.74, 6) is -0.715. The van der Waals surface area contributed by atoms with Gasteiger partial charge in [-0.3, -0.25) is 0 Å². The monoisotopic (exact) mass is 281 g/mol. The lowest BCUT2D eigenvalue weighted by molar-refractivity contribution is 0.0605. The number of halogens is 1. The van der Waals surface area contributed by atoms with E-state index in [1.54, 1.807) is 19.1 Å². The summed E-state index contributed by atoms with van der Waals surface area (Å²) in [4.78, 5) is 16.3. The molecule has 1 aromatic heterocycles. The normalized spacial score (nSPS) is 10.3. The highest BCUT2D eigenvalue weighted by atomic mass is 32.1. The summed E-state index contributed by atoms with van der Waals surface area (Å²) in [6.45, 7) is 1.73. The predicted octanol–water partition coefficient (Wildman–Crippen LogP) is 3.05. The predicted molar refractivity (Wildman–Crippen MR) is 70.1 cm³/mol. The van der Waals surface area contributed by atoms with Crippen LogP contribution >= 0.6 is 11.3 Å². The molecule has 19 heavy (non-hydrogen) atoms. The maximum Gasteiger partial charge on any atom is 0.349 e. The Balaban J connectivity index is 2.45. The first-order chi connectivity index (χ1) is 9.06. The topological polar surface area (TPSA) is 48.4 Å². The number of aryl methyl sites for hydroxylation is 1. The lowest BCUT2D eigenvalue weighted by Gasteiger charge is -2.03. The average Bonchev–Trinajstić information content (AvgIpc) is 2.80. The van der Waals surface area contributed by atoms with Crippen molar-refractivity contribution in [2.24, 2.45) is 0 Å². The molecule has 0 saturated carbocycles. The minimum absolute atomic E-state index is 0.143. The molecule has 0 aliphatic carbocycles. The van der Waals surface area contributed by atoms with Gasteiger partial charge in [-0.05, 0) is 25.1 Å². The molecule has 2 aromatic rings. The molecule has 0 radical (unpaired) electrons. The quantitative estimate of drug-likeness (QED) is 0.811. The number of rotatable bonds is 3. The van der Waals surface area contributed by atoms with Crippen molar-refractivity contribution < 1.29 is 18.7 Å². The highest BCUT2D eigenvalue weighted by molar-refractivity contribution is 7.17. The highest BCUT2D eigenvalue weighted by Crippen LogP contribution is 2.31. The lowest BCUT2D eigenvalue weighted by atomic mass is 10.2. The molecule has 0 fully saturated rings. The summed E-state index contributed by atoms with van der Waals surface area (Å²) >= 11 is 1.21. The number of esters is 1. The number of benzene rings is 1. The molecule has 0 N–H and O–H groups in total. The zero-order valence-electron chi connectivity index (χ0n) is 10.7. The molecule has 1 heterocycles. The smallest absolute Gasteiger partial charge is 0.349 e. The van der Waals surface area contributed by atoms with E-state index >= 15 is 0 Å². The Morgan fingerprint density at radius 2 is 2.11 bits per heavy atom. The Labute approximate surface area is 113 Å². The number of carbonyl (C=O) groups is 1. The Morgan fingerprint density at radius 3 is 2.74 bits per heavy atom. The Kier molecular flexibility index (Phi) is 3.80. The fourth-order valence-electron chi connectivity index (χ4n) is 1.59. The molecule has 0 atom stereocenters. The van der Waals surface area contributed by atoms with Crippen molar-refractivity contribution in [3.8, 4) is 16.3 Å². The summed E-state index contributed by atoms with van der Waals surface area (Å²) in [7, 11) is 2.72. The van der Waals surface area contributed by atoms with E-state index in [0.29, 0.717) is 21.1 Å². The van der Waals surface area contributed by atoms with Crippen LogP contribution in [0.3, 0.4) is 0 Å². The van der Waals surface area contributed by atoms with Crippen LogP contribution in [0, 0.1) is 12.7 Å². The van der Waals surface area contributed by atoms with Gasteiger partial charge in [0.05, 0.1) is 19.9 Å². The van der Waals surface area contributed by atoms with Crippen molar-refractivity contribution in [1.82, 2.24) is 4.98 Å². The number of ether oxygens (including phenoxy) is 2. The van der Waals surface area contributed by atoms with E-state index < -0.39 is 11.8 Å². The van der Waals surface area contributed by atoms with E-state index in [1.165, 1.54) is 31.6 Å². The van der Waals surface area contributed by atoms with Gasteiger partial charge in [0.2, 0.25) is 0 Å². The fraction of sp³-hybridized carbons (Fsp3) is 0.231. The van der Waals surface area contributed by atoms with E-state index in [-0.39, 0.29) is 5.75 Å². The number of aromatic nitrogens is 1. The van der Waals surface area contributed by atoms with Crippen LogP contribution in [-0.4, -0.2) is 25.2 Å². The van der Waals surface area contributed by atoms with Gasteiger partial charge >= 0.3 is 5.97 Å². The van der Waals surface area contributed by atoms with E-state index in [0.717, 1.165) is 0 Å². The Morgan fingerprint density at radius 1 is 1.37 bits per heavy atom. The van der Waals surface area contributed by atoms with Crippen molar-refractivity contribution in [3.05, 3.63) is 34.6 Å². The standard InChI is InChI=1S/C13H12FNO3S/c1-7-11(13(16)18-3)19-12(15-7)8-4-5-9(14)10(6-8)17-2/h4-6H,1-3H3. The van der Waals surface area contributed by atoms with Gasteiger partial charge in [0, 0.05) is 5.56 Å². The van der Waals surface area contributed by atoms with Crippen molar-refractivity contribution in [2.75, 3.05) is 14.2 Å². The van der Waals surface area contributed by atoms with Crippen LogP contribution in [-0.2, 0) is 4.74 Å². The summed E-state index contributed by atoms with van der Waals surface area (Å²) in [6, 6.07) is 4.45. The number of methoxy groups -OCH3 is 2. The highest BCUT2D eigenvalue weighted by Gasteiger charge is 2.17. The van der Waals surface area contributed by atoms with Crippen molar-refractivity contribution >= 4 is 17.3 Å². The van der Waals surface area contributed by atoms with Gasteiger partial charge in [-0.25, -0.2) is 14.2 Å². The largest absolute Gasteiger partial charge is 0.494 e. The van der Waals surface area contributed by atoms with Gasteiger partial charge in [0.1, 0.15) is 9.88 Å².